The average molecular weight is 625 g/mol. The standard InChI is InChI=1S/C34H39Cl2N3O4/c1-20-25(11-12-32(40)42-5)23(4)37-28(20)17-30-26(13-15-35)21(2)29(38-30)18-31-27(14-16-36)22(3)33(39-31)34(41)43-19-24-9-7-6-8-10-24/h6-10,17,37,39H,11-16,18-19H2,1-5H3/b30-17+. The maximum Gasteiger partial charge on any atom is 0.355 e. The van der Waals surface area contributed by atoms with Gasteiger partial charge in [-0.25, -0.2) is 4.79 Å². The number of aliphatic imine (C=N–C) groups is 1. The molecule has 0 spiro atoms. The summed E-state index contributed by atoms with van der Waals surface area (Å²) in [5, 5.41) is 0. The second kappa shape index (κ2) is 14.8. The van der Waals surface area contributed by atoms with Gasteiger partial charge in [-0.2, -0.15) is 0 Å². The van der Waals surface area contributed by atoms with E-state index in [1.807, 2.05) is 44.2 Å². The van der Waals surface area contributed by atoms with Gasteiger partial charge in [0.05, 0.1) is 18.5 Å². The minimum absolute atomic E-state index is 0.199. The zero-order chi connectivity index (χ0) is 31.1. The number of hydrogen-bond acceptors (Lipinski definition) is 5. The van der Waals surface area contributed by atoms with Crippen LogP contribution in [0.1, 0.15) is 75.2 Å². The van der Waals surface area contributed by atoms with Crippen molar-refractivity contribution in [1.29, 1.82) is 0 Å². The molecule has 0 saturated heterocycles. The molecule has 4 rings (SSSR count). The Bertz CT molecular complexity index is 1580. The van der Waals surface area contributed by atoms with E-state index in [-0.39, 0.29) is 12.6 Å². The molecule has 2 N–H and O–H groups in total. The monoisotopic (exact) mass is 623 g/mol. The van der Waals surface area contributed by atoms with Crippen LogP contribution in [0.4, 0.5) is 0 Å². The van der Waals surface area contributed by atoms with Crippen molar-refractivity contribution >= 4 is 46.9 Å². The Morgan fingerprint density at radius 3 is 2.33 bits per heavy atom. The van der Waals surface area contributed by atoms with E-state index in [0.29, 0.717) is 49.6 Å². The minimum atomic E-state index is -0.395. The average Bonchev–Trinajstić information content (AvgIpc) is 3.57. The number of benzene rings is 1. The van der Waals surface area contributed by atoms with Crippen molar-refractivity contribution in [2.45, 2.75) is 66.4 Å². The van der Waals surface area contributed by atoms with Gasteiger partial charge in [-0.05, 0) is 92.0 Å². The third kappa shape index (κ3) is 7.51. The lowest BCUT2D eigenvalue weighted by molar-refractivity contribution is -0.140. The van der Waals surface area contributed by atoms with Gasteiger partial charge in [-0.1, -0.05) is 30.3 Å². The van der Waals surface area contributed by atoms with Crippen molar-refractivity contribution in [3.8, 4) is 0 Å². The number of methoxy groups -OCH3 is 1. The molecular formula is C34H39Cl2N3O4. The Morgan fingerprint density at radius 2 is 1.65 bits per heavy atom. The maximum atomic E-state index is 13.1. The smallest absolute Gasteiger partial charge is 0.355 e. The molecule has 2 aromatic heterocycles. The second-order valence-corrected chi connectivity index (χ2v) is 11.5. The fourth-order valence-corrected chi connectivity index (χ4v) is 5.99. The fourth-order valence-electron chi connectivity index (χ4n) is 5.61. The van der Waals surface area contributed by atoms with Crippen LogP contribution in [0.15, 0.2) is 52.2 Å². The van der Waals surface area contributed by atoms with Crippen LogP contribution >= 0.6 is 23.2 Å². The third-order valence-corrected chi connectivity index (χ3v) is 8.47. The first-order valence-corrected chi connectivity index (χ1v) is 15.5. The topological polar surface area (TPSA) is 96.5 Å². The molecule has 0 fully saturated rings. The summed E-state index contributed by atoms with van der Waals surface area (Å²) in [7, 11) is 1.41. The number of aromatic amines is 2. The van der Waals surface area contributed by atoms with Gasteiger partial charge in [0.15, 0.2) is 0 Å². The van der Waals surface area contributed by atoms with Crippen LogP contribution in [0.5, 0.6) is 0 Å². The van der Waals surface area contributed by atoms with Crippen LogP contribution in [0.3, 0.4) is 0 Å². The van der Waals surface area contributed by atoms with E-state index >= 15 is 0 Å². The number of nitrogens with one attached hydrogen (secondary N) is 2. The maximum absolute atomic E-state index is 13.1. The number of halogens is 2. The molecule has 0 radical (unpaired) electrons. The van der Waals surface area contributed by atoms with E-state index in [9.17, 15) is 9.59 Å². The first-order valence-electron chi connectivity index (χ1n) is 14.5. The molecule has 1 aromatic carbocycles. The molecule has 0 saturated carbocycles. The number of carbonyl (C=O) groups is 2. The summed E-state index contributed by atoms with van der Waals surface area (Å²) in [6.45, 7) is 8.27. The Morgan fingerprint density at radius 1 is 0.930 bits per heavy atom. The number of nitrogens with zero attached hydrogens (tertiary/aromatic N) is 1. The number of alkyl halides is 2. The van der Waals surface area contributed by atoms with Gasteiger partial charge in [0.25, 0.3) is 0 Å². The Hall–Kier alpha value is -3.55. The molecule has 1 aliphatic heterocycles. The van der Waals surface area contributed by atoms with Gasteiger partial charge in [0.1, 0.15) is 12.3 Å². The summed E-state index contributed by atoms with van der Waals surface area (Å²) < 4.78 is 10.5. The number of hydrogen-bond donors (Lipinski definition) is 2. The van der Waals surface area contributed by atoms with Crippen molar-refractivity contribution in [2.75, 3.05) is 18.9 Å². The lowest BCUT2D eigenvalue weighted by Crippen LogP contribution is -2.08. The van der Waals surface area contributed by atoms with Crippen molar-refractivity contribution in [3.05, 3.63) is 97.8 Å². The van der Waals surface area contributed by atoms with Crippen molar-refractivity contribution in [3.63, 3.8) is 0 Å². The molecule has 0 bridgehead atoms. The molecule has 43 heavy (non-hydrogen) atoms. The van der Waals surface area contributed by atoms with E-state index in [4.69, 9.17) is 37.7 Å². The Kier molecular flexibility index (Phi) is 11.1. The third-order valence-electron chi connectivity index (χ3n) is 8.09. The molecule has 1 aliphatic rings. The van der Waals surface area contributed by atoms with Gasteiger partial charge < -0.3 is 19.4 Å². The number of allylic oxidation sites excluding steroid dienone is 2. The number of carbonyl (C=O) groups excluding carboxylic acids is 2. The molecule has 0 unspecified atom stereocenters. The van der Waals surface area contributed by atoms with E-state index in [1.54, 1.807) is 0 Å². The second-order valence-electron chi connectivity index (χ2n) is 10.7. The van der Waals surface area contributed by atoms with Crippen LogP contribution < -0.4 is 0 Å². The largest absolute Gasteiger partial charge is 0.469 e. The van der Waals surface area contributed by atoms with Crippen LogP contribution in [0.25, 0.3) is 6.08 Å². The van der Waals surface area contributed by atoms with Gasteiger partial charge in [-0.15, -0.1) is 23.2 Å². The Balaban J connectivity index is 1.63. The SMILES string of the molecule is COC(=O)CCc1c(C)[nH]c(/C=C2/N=C(Cc3[nH]c(C(=O)OCc4ccccc4)c(C)c3CCCl)C(C)=C2CCCl)c1C. The van der Waals surface area contributed by atoms with Crippen molar-refractivity contribution in [1.82, 2.24) is 9.97 Å². The number of rotatable bonds is 13. The van der Waals surface area contributed by atoms with E-state index in [1.165, 1.54) is 7.11 Å². The molecular weight excluding hydrogens is 585 g/mol. The molecule has 7 nitrogen and oxygen atoms in total. The fraction of sp³-hybridized carbons (Fsp3) is 0.382. The molecule has 0 atom stereocenters. The van der Waals surface area contributed by atoms with Crippen molar-refractivity contribution < 1.29 is 19.1 Å². The van der Waals surface area contributed by atoms with Crippen LogP contribution in [-0.2, 0) is 40.1 Å². The van der Waals surface area contributed by atoms with Gasteiger partial charge in [-0.3, -0.25) is 9.79 Å². The van der Waals surface area contributed by atoms with Crippen molar-refractivity contribution in [2.24, 2.45) is 4.99 Å². The van der Waals surface area contributed by atoms with E-state index < -0.39 is 5.97 Å². The molecule has 9 heteroatoms. The van der Waals surface area contributed by atoms with Crippen LogP contribution in [-0.4, -0.2) is 46.5 Å². The zero-order valence-corrected chi connectivity index (χ0v) is 27.0. The summed E-state index contributed by atoms with van der Waals surface area (Å²) in [5.41, 5.74) is 12.3. The van der Waals surface area contributed by atoms with Crippen LogP contribution in [0, 0.1) is 20.8 Å². The lowest BCUT2D eigenvalue weighted by atomic mass is 9.98. The first kappa shape index (κ1) is 32.4. The highest BCUT2D eigenvalue weighted by Crippen LogP contribution is 2.33. The summed E-state index contributed by atoms with van der Waals surface area (Å²) in [6.07, 6.45) is 4.80. The summed E-state index contributed by atoms with van der Waals surface area (Å²) in [5.74, 6) is 0.274. The molecule has 0 amide bonds. The molecule has 3 heterocycles. The summed E-state index contributed by atoms with van der Waals surface area (Å²) >= 11 is 12.4. The predicted molar refractivity (Wildman–Crippen MR) is 173 cm³/mol. The molecule has 3 aromatic rings. The quantitative estimate of drug-likeness (QED) is 0.152. The minimum Gasteiger partial charge on any atom is -0.469 e. The van der Waals surface area contributed by atoms with Gasteiger partial charge in [0.2, 0.25) is 0 Å². The van der Waals surface area contributed by atoms with E-state index in [0.717, 1.165) is 67.5 Å². The van der Waals surface area contributed by atoms with Crippen LogP contribution in [0.2, 0.25) is 0 Å². The highest BCUT2D eigenvalue weighted by atomic mass is 35.5. The zero-order valence-electron chi connectivity index (χ0n) is 25.5. The molecule has 228 valence electrons. The normalized spacial score (nSPS) is 14.0. The number of esters is 2. The number of H-pyrrole nitrogens is 2. The highest BCUT2D eigenvalue weighted by Gasteiger charge is 2.26. The van der Waals surface area contributed by atoms with E-state index in [2.05, 4.69) is 29.9 Å². The first-order chi connectivity index (χ1) is 20.7. The highest BCUT2D eigenvalue weighted by molar-refractivity contribution is 6.18. The Labute approximate surface area is 263 Å². The summed E-state index contributed by atoms with van der Waals surface area (Å²) in [6, 6.07) is 9.62. The lowest BCUT2D eigenvalue weighted by Gasteiger charge is -2.06. The number of aromatic nitrogens is 2. The van der Waals surface area contributed by atoms with Gasteiger partial charge >= 0.3 is 11.9 Å². The number of ether oxygens (including phenoxy) is 2. The molecule has 0 aliphatic carbocycles. The predicted octanol–water partition coefficient (Wildman–Crippen LogP) is 7.50. The number of aryl methyl sites for hydroxylation is 1. The summed E-state index contributed by atoms with van der Waals surface area (Å²) in [4.78, 5) is 36.7. The van der Waals surface area contributed by atoms with Gasteiger partial charge in [0, 0.05) is 41.7 Å².